The van der Waals surface area contributed by atoms with Crippen molar-refractivity contribution in [2.75, 3.05) is 0 Å². The monoisotopic (exact) mass is 415 g/mol. The van der Waals surface area contributed by atoms with Crippen LogP contribution >= 0.6 is 0 Å². The van der Waals surface area contributed by atoms with Crippen molar-refractivity contribution < 1.29 is 23.5 Å². The normalized spacial score (nSPS) is 24.0. The van der Waals surface area contributed by atoms with E-state index in [1.807, 2.05) is 0 Å². The molecule has 2 N–H and O–H groups in total. The van der Waals surface area contributed by atoms with Gasteiger partial charge in [0, 0.05) is 25.3 Å². The van der Waals surface area contributed by atoms with Crippen molar-refractivity contribution in [3.05, 3.63) is 63.1 Å². The first kappa shape index (κ1) is 18.8. The van der Waals surface area contributed by atoms with Gasteiger partial charge in [0.2, 0.25) is 5.43 Å². The number of hydrogen-bond donors (Lipinski definition) is 2. The molecular weight excluding hydrogens is 396 g/mol. The van der Waals surface area contributed by atoms with Crippen molar-refractivity contribution in [1.82, 2.24) is 14.8 Å². The molecule has 1 saturated heterocycles. The van der Waals surface area contributed by atoms with Crippen LogP contribution in [0.2, 0.25) is 0 Å². The summed E-state index contributed by atoms with van der Waals surface area (Å²) < 4.78 is 27.9. The maximum absolute atomic E-state index is 13.3. The highest BCUT2D eigenvalue weighted by atomic mass is 19.2. The number of fused-ring (bicyclic) bond motifs is 6. The van der Waals surface area contributed by atoms with Crippen LogP contribution in [0, 0.1) is 17.6 Å². The quantitative estimate of drug-likeness (QED) is 0.799. The topological polar surface area (TPSA) is 91.6 Å². The smallest absolute Gasteiger partial charge is 0.275 e. The average Bonchev–Trinajstić information content (AvgIpc) is 3.33. The molecule has 2 bridgehead atoms. The lowest BCUT2D eigenvalue weighted by molar-refractivity contribution is 0.0482. The first-order valence-electron chi connectivity index (χ1n) is 9.86. The summed E-state index contributed by atoms with van der Waals surface area (Å²) in [6.07, 6.45) is 4.21. The lowest BCUT2D eigenvalue weighted by Gasteiger charge is -2.40. The van der Waals surface area contributed by atoms with Crippen LogP contribution in [-0.2, 0) is 13.1 Å². The largest absolute Gasteiger partial charge is 0.503 e. The Morgan fingerprint density at radius 1 is 1.20 bits per heavy atom. The number of aromatic nitrogens is 1. The Hall–Kier alpha value is -3.23. The maximum Gasteiger partial charge on any atom is 0.275 e. The molecule has 3 aliphatic rings. The molecule has 3 heterocycles. The minimum Gasteiger partial charge on any atom is -0.503 e. The second-order valence-corrected chi connectivity index (χ2v) is 8.16. The van der Waals surface area contributed by atoms with Gasteiger partial charge < -0.3 is 19.9 Å². The molecule has 1 aromatic heterocycles. The Kier molecular flexibility index (Phi) is 4.16. The number of amides is 2. The molecule has 9 heteroatoms. The summed E-state index contributed by atoms with van der Waals surface area (Å²) in [6, 6.07) is 3.37. The number of carbonyl (C=O) groups is 2. The van der Waals surface area contributed by atoms with E-state index in [0.717, 1.165) is 31.4 Å². The Morgan fingerprint density at radius 3 is 2.77 bits per heavy atom. The number of rotatable bonds is 3. The van der Waals surface area contributed by atoms with Crippen LogP contribution in [0.4, 0.5) is 8.78 Å². The molecule has 1 aromatic carbocycles. The van der Waals surface area contributed by atoms with Crippen molar-refractivity contribution in [3.8, 4) is 5.75 Å². The van der Waals surface area contributed by atoms with Crippen molar-refractivity contribution in [2.45, 2.75) is 44.4 Å². The van der Waals surface area contributed by atoms with Crippen LogP contribution in [-0.4, -0.2) is 38.5 Å². The minimum absolute atomic E-state index is 0.00348. The number of benzene rings is 1. The van der Waals surface area contributed by atoms with Crippen molar-refractivity contribution >= 4 is 11.8 Å². The number of piperidine rings is 1. The number of halogens is 2. The van der Waals surface area contributed by atoms with Crippen LogP contribution in [0.1, 0.15) is 45.7 Å². The molecule has 7 nitrogen and oxygen atoms in total. The van der Waals surface area contributed by atoms with Gasteiger partial charge in [0.25, 0.3) is 11.8 Å². The van der Waals surface area contributed by atoms with Gasteiger partial charge in [-0.2, -0.15) is 0 Å². The molecule has 156 valence electrons. The van der Waals surface area contributed by atoms with Crippen LogP contribution in [0.5, 0.6) is 5.75 Å². The predicted molar refractivity (Wildman–Crippen MR) is 101 cm³/mol. The van der Waals surface area contributed by atoms with Gasteiger partial charge in [-0.05, 0) is 42.9 Å². The summed E-state index contributed by atoms with van der Waals surface area (Å²) in [6.45, 7) is 0.288. The standard InChI is InChI=1S/C21H19F2N3O4/c22-14-4-1-10(5-15(14)23)7-24-20(29)13-8-25-9-16-11-2-3-12(6-11)26(16)21(30)17(25)19(28)18(13)27/h1,4-5,8,11-12,16,28H,2-3,6-7,9H2,(H,24,29)/t11-,12+,16+/m1/s1. The molecule has 0 unspecified atom stereocenters. The number of aromatic hydroxyl groups is 1. The molecular formula is C21H19F2N3O4. The fourth-order valence-corrected chi connectivity index (χ4v) is 5.08. The zero-order chi connectivity index (χ0) is 21.2. The van der Waals surface area contributed by atoms with Gasteiger partial charge in [-0.25, -0.2) is 8.78 Å². The SMILES string of the molecule is O=C(NCc1ccc(F)c(F)c1)c1cn2c(c(O)c1=O)C(=O)N1[C@H]3CC[C@H](C3)[C@@H]1C2. The van der Waals surface area contributed by atoms with Gasteiger partial charge in [0.05, 0.1) is 6.04 Å². The van der Waals surface area contributed by atoms with Crippen LogP contribution < -0.4 is 10.7 Å². The van der Waals surface area contributed by atoms with E-state index in [2.05, 4.69) is 5.32 Å². The van der Waals surface area contributed by atoms with E-state index < -0.39 is 28.7 Å². The van der Waals surface area contributed by atoms with Gasteiger partial charge in [-0.3, -0.25) is 14.4 Å². The van der Waals surface area contributed by atoms with Gasteiger partial charge in [0.1, 0.15) is 5.56 Å². The summed E-state index contributed by atoms with van der Waals surface area (Å²) in [5.41, 5.74) is -0.998. The molecule has 2 aromatic rings. The predicted octanol–water partition coefficient (Wildman–Crippen LogP) is 1.77. The molecule has 1 saturated carbocycles. The van der Waals surface area contributed by atoms with Crippen molar-refractivity contribution in [3.63, 3.8) is 0 Å². The van der Waals surface area contributed by atoms with Crippen molar-refractivity contribution in [1.29, 1.82) is 0 Å². The van der Waals surface area contributed by atoms with E-state index >= 15 is 0 Å². The number of nitrogens with zero attached hydrogens (tertiary/aromatic N) is 2. The third kappa shape index (κ3) is 2.72. The highest BCUT2D eigenvalue weighted by Gasteiger charge is 2.51. The molecule has 3 atom stereocenters. The highest BCUT2D eigenvalue weighted by Crippen LogP contribution is 2.45. The van der Waals surface area contributed by atoms with Gasteiger partial charge in [-0.1, -0.05) is 6.07 Å². The van der Waals surface area contributed by atoms with Gasteiger partial charge >= 0.3 is 0 Å². The molecule has 2 amide bonds. The highest BCUT2D eigenvalue weighted by molar-refractivity contribution is 5.99. The third-order valence-electron chi connectivity index (χ3n) is 6.50. The van der Waals surface area contributed by atoms with Gasteiger partial charge in [0.15, 0.2) is 23.1 Å². The van der Waals surface area contributed by atoms with E-state index in [4.69, 9.17) is 0 Å². The molecule has 0 spiro atoms. The van der Waals surface area contributed by atoms with E-state index in [-0.39, 0.29) is 35.8 Å². The zero-order valence-corrected chi connectivity index (χ0v) is 15.9. The Bertz CT molecular complexity index is 1150. The van der Waals surface area contributed by atoms with E-state index in [0.29, 0.717) is 18.0 Å². The third-order valence-corrected chi connectivity index (χ3v) is 6.50. The maximum atomic E-state index is 13.3. The van der Waals surface area contributed by atoms with Crippen molar-refractivity contribution in [2.24, 2.45) is 5.92 Å². The first-order chi connectivity index (χ1) is 14.3. The lowest BCUT2D eigenvalue weighted by atomic mass is 9.95. The van der Waals surface area contributed by atoms with Crippen LogP contribution in [0.15, 0.2) is 29.2 Å². The zero-order valence-electron chi connectivity index (χ0n) is 15.9. The fraction of sp³-hybridized carbons (Fsp3) is 0.381. The number of nitrogens with one attached hydrogen (secondary N) is 1. The Labute approximate surface area is 169 Å². The Morgan fingerprint density at radius 2 is 2.00 bits per heavy atom. The molecule has 0 radical (unpaired) electrons. The summed E-state index contributed by atoms with van der Waals surface area (Å²) in [5.74, 6) is -3.52. The number of carbonyl (C=O) groups excluding carboxylic acids is 2. The molecule has 2 aliphatic heterocycles. The molecule has 2 fully saturated rings. The second-order valence-electron chi connectivity index (χ2n) is 8.16. The molecule has 30 heavy (non-hydrogen) atoms. The lowest BCUT2D eigenvalue weighted by Crippen LogP contribution is -2.52. The summed E-state index contributed by atoms with van der Waals surface area (Å²) in [4.78, 5) is 39.9. The van der Waals surface area contributed by atoms with Gasteiger partial charge in [-0.15, -0.1) is 0 Å². The number of hydrogen-bond acceptors (Lipinski definition) is 4. The summed E-state index contributed by atoms with van der Waals surface area (Å²) >= 11 is 0. The van der Waals surface area contributed by atoms with Crippen LogP contribution in [0.3, 0.4) is 0 Å². The summed E-state index contributed by atoms with van der Waals surface area (Å²) in [7, 11) is 0. The minimum atomic E-state index is -1.04. The first-order valence-corrected chi connectivity index (χ1v) is 9.86. The van der Waals surface area contributed by atoms with E-state index in [9.17, 15) is 28.3 Å². The van der Waals surface area contributed by atoms with E-state index in [1.54, 1.807) is 4.90 Å². The Balaban J connectivity index is 1.43. The number of pyridine rings is 1. The fourth-order valence-electron chi connectivity index (χ4n) is 5.08. The van der Waals surface area contributed by atoms with Crippen LogP contribution in [0.25, 0.3) is 0 Å². The second kappa shape index (κ2) is 6.65. The van der Waals surface area contributed by atoms with E-state index in [1.165, 1.54) is 16.8 Å². The summed E-state index contributed by atoms with van der Waals surface area (Å²) in [5, 5.41) is 12.9. The molecule has 1 aliphatic carbocycles. The molecule has 5 rings (SSSR count). The average molecular weight is 415 g/mol.